The van der Waals surface area contributed by atoms with Crippen molar-refractivity contribution in [3.63, 3.8) is 0 Å². The van der Waals surface area contributed by atoms with Crippen molar-refractivity contribution in [3.05, 3.63) is 88.9 Å². The molecule has 0 spiro atoms. The van der Waals surface area contributed by atoms with Gasteiger partial charge in [0.05, 0.1) is 16.8 Å². The highest BCUT2D eigenvalue weighted by atomic mass is 35.5. The number of amides is 2. The molecule has 9 nitrogen and oxygen atoms in total. The quantitative estimate of drug-likeness (QED) is 0.243. The summed E-state index contributed by atoms with van der Waals surface area (Å²) in [5.41, 5.74) is 3.88. The summed E-state index contributed by atoms with van der Waals surface area (Å²) in [5.74, 6) is -0.241. The second-order valence-electron chi connectivity index (χ2n) is 9.76. The lowest BCUT2D eigenvalue weighted by Crippen LogP contribution is -2.40. The zero-order valence-electron chi connectivity index (χ0n) is 22.8. The number of nitrogens with zero attached hydrogens (tertiary/aromatic N) is 2. The summed E-state index contributed by atoms with van der Waals surface area (Å²) in [6, 6.07) is 19.8. The topological polar surface area (TPSA) is 117 Å². The molecule has 2 N–H and O–H groups in total. The molecule has 41 heavy (non-hydrogen) atoms. The number of hydrogen-bond donors (Lipinski definition) is 2. The first-order valence-corrected chi connectivity index (χ1v) is 15.2. The van der Waals surface area contributed by atoms with Crippen LogP contribution in [0.15, 0.2) is 82.8 Å². The molecule has 3 aromatic carbocycles. The van der Waals surface area contributed by atoms with E-state index in [0.29, 0.717) is 27.6 Å². The molecule has 0 heterocycles. The maximum Gasteiger partial charge on any atom is 0.264 e. The Labute approximate surface area is 245 Å². The lowest BCUT2D eigenvalue weighted by atomic mass is 9.95. The second-order valence-corrected chi connectivity index (χ2v) is 12.0. The molecule has 0 radical (unpaired) electrons. The molecule has 216 valence electrons. The molecule has 0 saturated heterocycles. The minimum atomic E-state index is -4.07. The van der Waals surface area contributed by atoms with Crippen molar-refractivity contribution < 1.29 is 22.7 Å². The summed E-state index contributed by atoms with van der Waals surface area (Å²) in [6.07, 6.45) is 6.95. The first-order chi connectivity index (χ1) is 19.7. The van der Waals surface area contributed by atoms with Crippen LogP contribution in [0.1, 0.15) is 43.2 Å². The summed E-state index contributed by atoms with van der Waals surface area (Å²) < 4.78 is 33.6. The van der Waals surface area contributed by atoms with Crippen LogP contribution in [0.3, 0.4) is 0 Å². The van der Waals surface area contributed by atoms with Crippen molar-refractivity contribution >= 4 is 45.3 Å². The van der Waals surface area contributed by atoms with Crippen LogP contribution in [-0.2, 0) is 19.6 Å². The number of carbonyl (C=O) groups excluding carboxylic acids is 2. The average Bonchev–Trinajstić information content (AvgIpc) is 2.98. The monoisotopic (exact) mass is 596 g/mol. The standard InChI is InChI=1S/C30H33ClN4O5S/c1-22-27(31)13-8-14-28(22)35(41(38,39)26-11-6-3-7-12-26)20-29(36)34-32-19-23-15-17-25(18-16-23)40-21-30(37)33-24-9-4-2-5-10-24/h3,6-8,11-19,24H,2,4-5,9-10,20-21H2,1H3,(H,33,37)(H,34,36)/b32-19-. The minimum Gasteiger partial charge on any atom is -0.484 e. The number of sulfonamides is 1. The fourth-order valence-electron chi connectivity index (χ4n) is 4.55. The maximum atomic E-state index is 13.5. The Balaban J connectivity index is 1.35. The van der Waals surface area contributed by atoms with E-state index in [2.05, 4.69) is 15.8 Å². The van der Waals surface area contributed by atoms with E-state index in [9.17, 15) is 18.0 Å². The predicted molar refractivity (Wildman–Crippen MR) is 160 cm³/mol. The van der Waals surface area contributed by atoms with Gasteiger partial charge in [0.15, 0.2) is 6.61 Å². The van der Waals surface area contributed by atoms with Gasteiger partial charge in [-0.1, -0.05) is 55.1 Å². The molecular formula is C30H33ClN4O5S. The number of hydrazone groups is 1. The van der Waals surface area contributed by atoms with Crippen molar-refractivity contribution in [1.82, 2.24) is 10.7 Å². The van der Waals surface area contributed by atoms with E-state index in [4.69, 9.17) is 16.3 Å². The van der Waals surface area contributed by atoms with Gasteiger partial charge in [0.2, 0.25) is 0 Å². The first kappa shape index (κ1) is 30.1. The van der Waals surface area contributed by atoms with E-state index in [1.54, 1.807) is 67.6 Å². The molecule has 0 atom stereocenters. The van der Waals surface area contributed by atoms with Gasteiger partial charge >= 0.3 is 0 Å². The normalized spacial score (nSPS) is 14.0. The van der Waals surface area contributed by atoms with Gasteiger partial charge in [0.1, 0.15) is 12.3 Å². The van der Waals surface area contributed by atoms with Crippen LogP contribution >= 0.6 is 11.6 Å². The zero-order chi connectivity index (χ0) is 29.2. The molecule has 2 amide bonds. The fraction of sp³-hybridized carbons (Fsp3) is 0.300. The molecule has 0 aliphatic heterocycles. The van der Waals surface area contributed by atoms with Crippen LogP contribution in [0.4, 0.5) is 5.69 Å². The zero-order valence-corrected chi connectivity index (χ0v) is 24.3. The van der Waals surface area contributed by atoms with Crippen molar-refractivity contribution in [2.45, 2.75) is 50.0 Å². The number of carbonyl (C=O) groups is 2. The third-order valence-electron chi connectivity index (χ3n) is 6.75. The number of rotatable bonds is 11. The molecule has 1 aliphatic rings. The van der Waals surface area contributed by atoms with Gasteiger partial charge in [-0.05, 0) is 79.4 Å². The van der Waals surface area contributed by atoms with E-state index in [-0.39, 0.29) is 23.5 Å². The first-order valence-electron chi connectivity index (χ1n) is 13.4. The van der Waals surface area contributed by atoms with Crippen molar-refractivity contribution in [1.29, 1.82) is 0 Å². The molecule has 11 heteroatoms. The number of benzene rings is 3. The van der Waals surface area contributed by atoms with E-state index in [1.807, 2.05) is 0 Å². The van der Waals surface area contributed by atoms with Gasteiger partial charge in [-0.2, -0.15) is 5.10 Å². The Hall–Kier alpha value is -3.89. The Morgan fingerprint density at radius 3 is 2.39 bits per heavy atom. The Bertz CT molecular complexity index is 1470. The predicted octanol–water partition coefficient (Wildman–Crippen LogP) is 4.82. The third-order valence-corrected chi connectivity index (χ3v) is 8.93. The van der Waals surface area contributed by atoms with Crippen LogP contribution in [-0.4, -0.2) is 45.6 Å². The Morgan fingerprint density at radius 1 is 0.976 bits per heavy atom. The summed E-state index contributed by atoms with van der Waals surface area (Å²) in [6.45, 7) is 1.12. The lowest BCUT2D eigenvalue weighted by molar-refractivity contribution is -0.124. The number of hydrogen-bond acceptors (Lipinski definition) is 6. The van der Waals surface area contributed by atoms with Gasteiger partial charge in [0, 0.05) is 11.1 Å². The van der Waals surface area contributed by atoms with E-state index < -0.39 is 22.5 Å². The summed E-state index contributed by atoms with van der Waals surface area (Å²) in [5, 5.41) is 7.37. The maximum absolute atomic E-state index is 13.5. The van der Waals surface area contributed by atoms with E-state index in [0.717, 1.165) is 30.0 Å². The van der Waals surface area contributed by atoms with Crippen LogP contribution in [0.5, 0.6) is 5.75 Å². The highest BCUT2D eigenvalue weighted by Gasteiger charge is 2.28. The third kappa shape index (κ3) is 8.31. The summed E-state index contributed by atoms with van der Waals surface area (Å²) >= 11 is 6.25. The van der Waals surface area contributed by atoms with Gasteiger partial charge in [-0.15, -0.1) is 0 Å². The van der Waals surface area contributed by atoms with Crippen molar-refractivity contribution in [2.24, 2.45) is 5.10 Å². The molecule has 1 aliphatic carbocycles. The number of halogens is 1. The highest BCUT2D eigenvalue weighted by molar-refractivity contribution is 7.92. The molecule has 1 saturated carbocycles. The van der Waals surface area contributed by atoms with Gasteiger partial charge in [0.25, 0.3) is 21.8 Å². The lowest BCUT2D eigenvalue weighted by Gasteiger charge is -2.25. The second kappa shape index (κ2) is 14.1. The number of nitrogens with one attached hydrogen (secondary N) is 2. The number of anilines is 1. The average molecular weight is 597 g/mol. The van der Waals surface area contributed by atoms with Gasteiger partial charge in [-0.3, -0.25) is 13.9 Å². The minimum absolute atomic E-state index is 0.0458. The van der Waals surface area contributed by atoms with Crippen molar-refractivity contribution in [2.75, 3.05) is 17.5 Å². The molecule has 0 aromatic heterocycles. The highest BCUT2D eigenvalue weighted by Crippen LogP contribution is 2.30. The van der Waals surface area contributed by atoms with Crippen molar-refractivity contribution in [3.8, 4) is 5.75 Å². The van der Waals surface area contributed by atoms with Crippen LogP contribution in [0, 0.1) is 6.92 Å². The summed E-state index contributed by atoms with van der Waals surface area (Å²) in [4.78, 5) is 25.0. The molecule has 0 unspecified atom stereocenters. The SMILES string of the molecule is Cc1c(Cl)cccc1N(CC(=O)N/N=C\c1ccc(OCC(=O)NC2CCCCC2)cc1)S(=O)(=O)c1ccccc1. The molecule has 1 fully saturated rings. The number of ether oxygens (including phenoxy) is 1. The largest absolute Gasteiger partial charge is 0.484 e. The molecule has 4 rings (SSSR count). The van der Waals surface area contributed by atoms with Crippen LogP contribution < -0.4 is 19.8 Å². The Morgan fingerprint density at radius 2 is 1.68 bits per heavy atom. The smallest absolute Gasteiger partial charge is 0.264 e. The van der Waals surface area contributed by atoms with E-state index >= 15 is 0 Å². The summed E-state index contributed by atoms with van der Waals surface area (Å²) in [7, 11) is -4.07. The van der Waals surface area contributed by atoms with Crippen LogP contribution in [0.25, 0.3) is 0 Å². The van der Waals surface area contributed by atoms with Gasteiger partial charge < -0.3 is 10.1 Å². The molecule has 0 bridgehead atoms. The molecular weight excluding hydrogens is 564 g/mol. The Kier molecular flexibility index (Phi) is 10.4. The molecule has 3 aromatic rings. The fourth-order valence-corrected chi connectivity index (χ4v) is 6.21. The van der Waals surface area contributed by atoms with E-state index in [1.165, 1.54) is 24.8 Å². The van der Waals surface area contributed by atoms with Crippen LogP contribution in [0.2, 0.25) is 5.02 Å². The van der Waals surface area contributed by atoms with Gasteiger partial charge in [-0.25, -0.2) is 13.8 Å².